The van der Waals surface area contributed by atoms with Crippen molar-refractivity contribution in [1.29, 1.82) is 0 Å². The first-order valence-corrected chi connectivity index (χ1v) is 8.50. The van der Waals surface area contributed by atoms with Crippen LogP contribution in [0.1, 0.15) is 28.0 Å². The number of hydrogen-bond acceptors (Lipinski definition) is 4. The van der Waals surface area contributed by atoms with E-state index in [1.54, 1.807) is 6.07 Å². The third-order valence-electron chi connectivity index (χ3n) is 4.83. The van der Waals surface area contributed by atoms with Crippen LogP contribution in [0, 0.1) is 0 Å². The van der Waals surface area contributed by atoms with E-state index in [1.807, 2.05) is 24.3 Å². The number of H-pyrrole nitrogens is 2. The molecule has 0 bridgehead atoms. The van der Waals surface area contributed by atoms with Gasteiger partial charge in [0.2, 0.25) is 5.56 Å². The fourth-order valence-corrected chi connectivity index (χ4v) is 3.67. The van der Waals surface area contributed by atoms with Gasteiger partial charge in [-0.2, -0.15) is 5.10 Å². The summed E-state index contributed by atoms with van der Waals surface area (Å²) in [6.45, 7) is 0. The van der Waals surface area contributed by atoms with Gasteiger partial charge in [-0.1, -0.05) is 18.2 Å². The van der Waals surface area contributed by atoms with Crippen LogP contribution in [-0.2, 0) is 12.8 Å². The minimum atomic E-state index is -0.225. The summed E-state index contributed by atoms with van der Waals surface area (Å²) in [5.41, 5.74) is 3.78. The van der Waals surface area contributed by atoms with Crippen LogP contribution in [0.15, 0.2) is 41.2 Å². The Hall–Kier alpha value is -3.48. The molecule has 0 atom stereocenters. The van der Waals surface area contributed by atoms with E-state index >= 15 is 0 Å². The Morgan fingerprint density at radius 3 is 2.88 bits per heavy atom. The second kappa shape index (κ2) is 5.52. The number of aryl methyl sites for hydroxylation is 1. The van der Waals surface area contributed by atoms with Crippen molar-refractivity contribution < 1.29 is 4.79 Å². The SMILES string of the molecule is O=C(Nc1n[nH]c2[nH]c(=O)ccc12)c1c2c(nc3ccccc13)CCC2. The van der Waals surface area contributed by atoms with Crippen LogP contribution in [0.2, 0.25) is 0 Å². The molecule has 3 aromatic heterocycles. The average molecular weight is 345 g/mol. The molecule has 7 heteroatoms. The predicted octanol–water partition coefficient (Wildman–Crippen LogP) is 2.54. The first-order chi connectivity index (χ1) is 12.7. The molecule has 7 nitrogen and oxygen atoms in total. The highest BCUT2D eigenvalue weighted by Gasteiger charge is 2.24. The number of carbonyl (C=O) groups is 1. The van der Waals surface area contributed by atoms with Crippen LogP contribution >= 0.6 is 0 Å². The van der Waals surface area contributed by atoms with Crippen LogP contribution in [0.5, 0.6) is 0 Å². The number of hydrogen-bond donors (Lipinski definition) is 3. The largest absolute Gasteiger partial charge is 0.307 e. The second-order valence-electron chi connectivity index (χ2n) is 6.42. The maximum Gasteiger partial charge on any atom is 0.257 e. The summed E-state index contributed by atoms with van der Waals surface area (Å²) in [6, 6.07) is 10.7. The molecule has 1 amide bonds. The molecule has 0 fully saturated rings. The standard InChI is InChI=1S/C19H15N5O2/c25-15-9-8-12-17(21-15)23-24-18(12)22-19(26)16-10-4-1-2-6-13(10)20-14-7-3-5-11(14)16/h1-2,4,6,8-9H,3,5,7H2,(H3,21,22,23,24,25,26). The summed E-state index contributed by atoms with van der Waals surface area (Å²) in [6.07, 6.45) is 2.75. The van der Waals surface area contributed by atoms with Gasteiger partial charge in [0, 0.05) is 17.1 Å². The number of aromatic amines is 2. The van der Waals surface area contributed by atoms with Gasteiger partial charge in [0.05, 0.1) is 16.5 Å². The van der Waals surface area contributed by atoms with E-state index in [-0.39, 0.29) is 11.5 Å². The van der Waals surface area contributed by atoms with E-state index < -0.39 is 0 Å². The van der Waals surface area contributed by atoms with Crippen LogP contribution in [-0.4, -0.2) is 26.1 Å². The molecule has 0 saturated carbocycles. The summed E-state index contributed by atoms with van der Waals surface area (Å²) < 4.78 is 0. The van der Waals surface area contributed by atoms with E-state index in [1.165, 1.54) is 6.07 Å². The lowest BCUT2D eigenvalue weighted by Gasteiger charge is -2.12. The van der Waals surface area contributed by atoms with Crippen molar-refractivity contribution in [1.82, 2.24) is 20.2 Å². The summed E-state index contributed by atoms with van der Waals surface area (Å²) in [4.78, 5) is 31.9. The fourth-order valence-electron chi connectivity index (χ4n) is 3.67. The fraction of sp³-hybridized carbons (Fsp3) is 0.158. The molecule has 0 saturated heterocycles. The number of nitrogens with zero attached hydrogens (tertiary/aromatic N) is 2. The Labute approximate surface area is 147 Å². The molecular formula is C19H15N5O2. The minimum absolute atomic E-state index is 0.207. The van der Waals surface area contributed by atoms with Gasteiger partial charge >= 0.3 is 0 Å². The normalized spacial score (nSPS) is 13.2. The molecule has 128 valence electrons. The molecule has 0 unspecified atom stereocenters. The highest BCUT2D eigenvalue weighted by atomic mass is 16.1. The smallest absolute Gasteiger partial charge is 0.257 e. The monoisotopic (exact) mass is 345 g/mol. The number of amides is 1. The van der Waals surface area contributed by atoms with Crippen molar-refractivity contribution in [2.75, 3.05) is 5.32 Å². The van der Waals surface area contributed by atoms with Gasteiger partial charge in [0.15, 0.2) is 5.82 Å². The molecule has 26 heavy (non-hydrogen) atoms. The van der Waals surface area contributed by atoms with Gasteiger partial charge in [-0.15, -0.1) is 0 Å². The van der Waals surface area contributed by atoms with Crippen LogP contribution < -0.4 is 10.9 Å². The summed E-state index contributed by atoms with van der Waals surface area (Å²) in [7, 11) is 0. The van der Waals surface area contributed by atoms with Gasteiger partial charge in [-0.05, 0) is 37.0 Å². The topological polar surface area (TPSA) is 104 Å². The second-order valence-corrected chi connectivity index (χ2v) is 6.42. The number of benzene rings is 1. The summed E-state index contributed by atoms with van der Waals surface area (Å²) in [5.74, 6) is 0.190. The Kier molecular flexibility index (Phi) is 3.15. The quantitative estimate of drug-likeness (QED) is 0.519. The van der Waals surface area contributed by atoms with Crippen molar-refractivity contribution in [3.63, 3.8) is 0 Å². The van der Waals surface area contributed by atoms with E-state index in [9.17, 15) is 9.59 Å². The molecule has 1 aromatic carbocycles. The number of carbonyl (C=O) groups excluding carboxylic acids is 1. The number of pyridine rings is 2. The van der Waals surface area contributed by atoms with Crippen molar-refractivity contribution in [2.45, 2.75) is 19.3 Å². The zero-order valence-electron chi connectivity index (χ0n) is 13.8. The number of rotatable bonds is 2. The van der Waals surface area contributed by atoms with E-state index in [0.29, 0.717) is 22.4 Å². The maximum atomic E-state index is 13.1. The molecule has 3 heterocycles. The average Bonchev–Trinajstić information content (AvgIpc) is 3.26. The molecule has 3 N–H and O–H groups in total. The van der Waals surface area contributed by atoms with E-state index in [4.69, 9.17) is 4.98 Å². The zero-order chi connectivity index (χ0) is 17.7. The zero-order valence-corrected chi connectivity index (χ0v) is 13.8. The molecule has 0 spiro atoms. The molecule has 0 aliphatic heterocycles. The number of fused-ring (bicyclic) bond motifs is 3. The Morgan fingerprint density at radius 2 is 1.96 bits per heavy atom. The Morgan fingerprint density at radius 1 is 1.08 bits per heavy atom. The number of nitrogens with one attached hydrogen (secondary N) is 3. The predicted molar refractivity (Wildman–Crippen MR) is 98.4 cm³/mol. The molecule has 1 aliphatic carbocycles. The number of anilines is 1. The lowest BCUT2D eigenvalue weighted by atomic mass is 10.0. The maximum absolute atomic E-state index is 13.1. The molecule has 5 rings (SSSR count). The van der Waals surface area contributed by atoms with Gasteiger partial charge in [0.1, 0.15) is 5.65 Å². The van der Waals surface area contributed by atoms with Crippen LogP contribution in [0.25, 0.3) is 21.9 Å². The van der Waals surface area contributed by atoms with Crippen LogP contribution in [0.4, 0.5) is 5.82 Å². The highest BCUT2D eigenvalue weighted by Crippen LogP contribution is 2.30. The molecule has 0 radical (unpaired) electrons. The van der Waals surface area contributed by atoms with Crippen molar-refractivity contribution in [2.24, 2.45) is 0 Å². The molecular weight excluding hydrogens is 330 g/mol. The summed E-state index contributed by atoms with van der Waals surface area (Å²) in [5, 5.41) is 11.3. The van der Waals surface area contributed by atoms with Gasteiger partial charge in [0.25, 0.3) is 5.91 Å². The van der Waals surface area contributed by atoms with E-state index in [2.05, 4.69) is 20.5 Å². The first kappa shape index (κ1) is 14.8. The van der Waals surface area contributed by atoms with Crippen LogP contribution in [0.3, 0.4) is 0 Å². The van der Waals surface area contributed by atoms with Crippen molar-refractivity contribution in [3.8, 4) is 0 Å². The van der Waals surface area contributed by atoms with Crippen molar-refractivity contribution >= 4 is 33.7 Å². The van der Waals surface area contributed by atoms with Gasteiger partial charge in [-0.3, -0.25) is 19.7 Å². The first-order valence-electron chi connectivity index (χ1n) is 8.50. The van der Waals surface area contributed by atoms with Crippen molar-refractivity contribution in [3.05, 3.63) is 63.6 Å². The minimum Gasteiger partial charge on any atom is -0.307 e. The van der Waals surface area contributed by atoms with Gasteiger partial charge in [-0.25, -0.2) is 0 Å². The number of para-hydroxylation sites is 1. The molecule has 4 aromatic rings. The van der Waals surface area contributed by atoms with Gasteiger partial charge < -0.3 is 10.3 Å². The third-order valence-corrected chi connectivity index (χ3v) is 4.83. The summed E-state index contributed by atoms with van der Waals surface area (Å²) >= 11 is 0. The third kappa shape index (κ3) is 2.21. The lowest BCUT2D eigenvalue weighted by Crippen LogP contribution is -2.16. The van der Waals surface area contributed by atoms with E-state index in [0.717, 1.165) is 41.4 Å². The highest BCUT2D eigenvalue weighted by molar-refractivity contribution is 6.15. The Bertz CT molecular complexity index is 1240. The lowest BCUT2D eigenvalue weighted by molar-refractivity contribution is 0.102. The number of aromatic nitrogens is 4. The Balaban J connectivity index is 1.63. The molecule has 1 aliphatic rings.